The van der Waals surface area contributed by atoms with Crippen molar-refractivity contribution in [1.29, 1.82) is 0 Å². The Balaban J connectivity index is 0.791. The lowest BCUT2D eigenvalue weighted by molar-refractivity contribution is 1.62. The first kappa shape index (κ1) is 42.1. The molecule has 0 saturated heterocycles. The van der Waals surface area contributed by atoms with Crippen LogP contribution in [0.5, 0.6) is 0 Å². The third kappa shape index (κ3) is 6.84. The topological polar surface area (TPSA) is 0 Å². The van der Waals surface area contributed by atoms with Gasteiger partial charge in [-0.25, -0.2) is 0 Å². The molecule has 0 bridgehead atoms. The molecule has 0 aromatic heterocycles. The van der Waals surface area contributed by atoms with E-state index in [0.29, 0.717) is 0 Å². The average Bonchev–Trinajstić information content (AvgIpc) is 3.48. The summed E-state index contributed by atoms with van der Waals surface area (Å²) in [5.41, 5.74) is 14.9. The fourth-order valence-corrected chi connectivity index (χ4v) is 12.3. The van der Waals surface area contributed by atoms with Crippen molar-refractivity contribution < 1.29 is 0 Å². The first-order chi connectivity index (χ1) is 36.7. The van der Waals surface area contributed by atoms with Gasteiger partial charge in [0.15, 0.2) is 0 Å². The van der Waals surface area contributed by atoms with Gasteiger partial charge in [0, 0.05) is 0 Å². The summed E-state index contributed by atoms with van der Waals surface area (Å²) < 4.78 is 0. The Labute approximate surface area is 429 Å². The third-order valence-corrected chi connectivity index (χ3v) is 15.8. The Bertz CT molecular complexity index is 4650. The van der Waals surface area contributed by atoms with Crippen LogP contribution in [0.4, 0.5) is 0 Å². The Kier molecular flexibility index (Phi) is 9.68. The van der Waals surface area contributed by atoms with Gasteiger partial charge < -0.3 is 0 Å². The van der Waals surface area contributed by atoms with Crippen molar-refractivity contribution in [3.63, 3.8) is 0 Å². The lowest BCUT2D eigenvalue weighted by Crippen LogP contribution is -1.91. The van der Waals surface area contributed by atoms with Crippen LogP contribution in [0.2, 0.25) is 0 Å². The zero-order chi connectivity index (χ0) is 48.7. The van der Waals surface area contributed by atoms with Gasteiger partial charge >= 0.3 is 0 Å². The first-order valence-corrected chi connectivity index (χ1v) is 25.7. The SMILES string of the molecule is c1ccc2cc(-c3c4ccccc4c(-c4ccc5ccc(-c6ccc7ccc(-c8ccc(-c9c%10ccccc%10c(-c%10cccc%11ccccc%10%11)c%10ccccc9%10)cc8)cc7c6)cc5c4)c4ccccc34)ccc2c1. The number of hydrogen-bond donors (Lipinski definition) is 0. The van der Waals surface area contributed by atoms with Gasteiger partial charge in [0.25, 0.3) is 0 Å². The van der Waals surface area contributed by atoms with E-state index in [1.54, 1.807) is 0 Å². The van der Waals surface area contributed by atoms with Gasteiger partial charge in [-0.2, -0.15) is 0 Å². The van der Waals surface area contributed by atoms with Crippen molar-refractivity contribution in [1.82, 2.24) is 0 Å². The summed E-state index contributed by atoms with van der Waals surface area (Å²) in [5, 5.41) is 20.1. The fraction of sp³-hybridized carbons (Fsp3) is 0. The van der Waals surface area contributed by atoms with E-state index in [2.05, 4.69) is 279 Å². The summed E-state index contributed by atoms with van der Waals surface area (Å²) in [6.45, 7) is 0. The van der Waals surface area contributed by atoms with Gasteiger partial charge in [-0.1, -0.05) is 249 Å². The van der Waals surface area contributed by atoms with Crippen LogP contribution in [-0.2, 0) is 0 Å². The minimum atomic E-state index is 1.20. The number of benzene rings is 15. The molecule has 0 aliphatic rings. The summed E-state index contributed by atoms with van der Waals surface area (Å²) in [6, 6.07) is 104. The van der Waals surface area contributed by atoms with Gasteiger partial charge in [-0.3, -0.25) is 0 Å². The molecule has 0 heteroatoms. The molecule has 0 fully saturated rings. The van der Waals surface area contributed by atoms with Gasteiger partial charge in [0.05, 0.1) is 0 Å². The highest BCUT2D eigenvalue weighted by molar-refractivity contribution is 6.24. The molecule has 0 amide bonds. The first-order valence-electron chi connectivity index (χ1n) is 25.7. The number of rotatable bonds is 6. The Hall–Kier alpha value is -9.62. The van der Waals surface area contributed by atoms with Gasteiger partial charge in [0.2, 0.25) is 0 Å². The van der Waals surface area contributed by atoms with E-state index in [4.69, 9.17) is 0 Å². The van der Waals surface area contributed by atoms with Crippen LogP contribution >= 0.6 is 0 Å². The van der Waals surface area contributed by atoms with Crippen molar-refractivity contribution in [3.05, 3.63) is 279 Å². The Morgan fingerprint density at radius 1 is 0.135 bits per heavy atom. The fourth-order valence-electron chi connectivity index (χ4n) is 12.3. The molecule has 0 spiro atoms. The molecule has 0 aliphatic heterocycles. The van der Waals surface area contributed by atoms with Crippen molar-refractivity contribution in [2.45, 2.75) is 0 Å². The molecule has 0 unspecified atom stereocenters. The highest BCUT2D eigenvalue weighted by atomic mass is 14.2. The van der Waals surface area contributed by atoms with Crippen LogP contribution in [0.1, 0.15) is 0 Å². The largest absolute Gasteiger partial charge is 0.0616 e. The maximum absolute atomic E-state index is 2.40. The summed E-state index contributed by atoms with van der Waals surface area (Å²) >= 11 is 0. The van der Waals surface area contributed by atoms with Crippen molar-refractivity contribution >= 4 is 86.2 Å². The third-order valence-electron chi connectivity index (χ3n) is 15.8. The second-order valence-electron chi connectivity index (χ2n) is 19.9. The second kappa shape index (κ2) is 17.0. The van der Waals surface area contributed by atoms with E-state index in [1.165, 1.54) is 153 Å². The molecule has 0 nitrogen and oxygen atoms in total. The lowest BCUT2D eigenvalue weighted by Gasteiger charge is -2.19. The van der Waals surface area contributed by atoms with E-state index in [0.717, 1.165) is 0 Å². The standard InChI is InChI=1S/C74H46/c1-2-16-53-42-57(40-33-47(53)14-1)72-63-19-5-7-21-65(63)73(66-22-8-6-20-64(66)72)58-41-34-50-32-39-56(45-60(50)46-58)55-38-31-49-30-37-54(43-59(49)44-55)48-28-35-52(36-29-48)71-67-23-9-11-25-69(67)74(70-26-12-10-24-68(70)71)62-27-13-17-51-15-3-4-18-61(51)62/h1-46H. The monoisotopic (exact) mass is 934 g/mol. The minimum Gasteiger partial charge on any atom is -0.0616 e. The van der Waals surface area contributed by atoms with Crippen LogP contribution in [0.3, 0.4) is 0 Å². The molecule has 0 heterocycles. The normalized spacial score (nSPS) is 11.8. The van der Waals surface area contributed by atoms with Crippen LogP contribution in [0.15, 0.2) is 279 Å². The van der Waals surface area contributed by atoms with Gasteiger partial charge in [0.1, 0.15) is 0 Å². The summed E-state index contributed by atoms with van der Waals surface area (Å²) in [4.78, 5) is 0. The quantitative estimate of drug-likeness (QED) is 0.146. The van der Waals surface area contributed by atoms with Gasteiger partial charge in [-0.15, -0.1) is 0 Å². The molecule has 0 N–H and O–H groups in total. The second-order valence-corrected chi connectivity index (χ2v) is 19.9. The van der Waals surface area contributed by atoms with E-state index in [9.17, 15) is 0 Å². The predicted molar refractivity (Wildman–Crippen MR) is 319 cm³/mol. The molecule has 15 aromatic carbocycles. The van der Waals surface area contributed by atoms with Crippen molar-refractivity contribution in [2.75, 3.05) is 0 Å². The molecule has 342 valence electrons. The minimum absolute atomic E-state index is 1.20. The molecule has 15 aromatic rings. The van der Waals surface area contributed by atoms with Crippen LogP contribution in [0.25, 0.3) is 153 Å². The zero-order valence-corrected chi connectivity index (χ0v) is 40.6. The molecule has 15 rings (SSSR count). The lowest BCUT2D eigenvalue weighted by atomic mass is 9.84. The van der Waals surface area contributed by atoms with Gasteiger partial charge in [-0.05, 0) is 183 Å². The number of fused-ring (bicyclic) bond motifs is 8. The molecule has 0 atom stereocenters. The molecular formula is C74H46. The maximum Gasteiger partial charge on any atom is -0.00201 e. The molecule has 0 radical (unpaired) electrons. The molecule has 0 aliphatic carbocycles. The average molecular weight is 935 g/mol. The molecule has 74 heavy (non-hydrogen) atoms. The highest BCUT2D eigenvalue weighted by Gasteiger charge is 2.20. The van der Waals surface area contributed by atoms with E-state index >= 15 is 0 Å². The number of hydrogen-bond acceptors (Lipinski definition) is 0. The Morgan fingerprint density at radius 2 is 0.419 bits per heavy atom. The Morgan fingerprint density at radius 3 is 0.892 bits per heavy atom. The van der Waals surface area contributed by atoms with Crippen LogP contribution in [0, 0.1) is 0 Å². The van der Waals surface area contributed by atoms with Crippen LogP contribution < -0.4 is 0 Å². The molecular weight excluding hydrogens is 889 g/mol. The summed E-state index contributed by atoms with van der Waals surface area (Å²) in [7, 11) is 0. The summed E-state index contributed by atoms with van der Waals surface area (Å²) in [6.07, 6.45) is 0. The maximum atomic E-state index is 2.40. The smallest absolute Gasteiger partial charge is 0.00201 e. The summed E-state index contributed by atoms with van der Waals surface area (Å²) in [5.74, 6) is 0. The van der Waals surface area contributed by atoms with E-state index in [-0.39, 0.29) is 0 Å². The van der Waals surface area contributed by atoms with Crippen molar-refractivity contribution in [2.24, 2.45) is 0 Å². The molecule has 0 saturated carbocycles. The van der Waals surface area contributed by atoms with Crippen LogP contribution in [-0.4, -0.2) is 0 Å². The highest BCUT2D eigenvalue weighted by Crippen LogP contribution is 2.47. The predicted octanol–water partition coefficient (Wildman–Crippen LogP) is 20.9. The zero-order valence-electron chi connectivity index (χ0n) is 40.6. The van der Waals surface area contributed by atoms with E-state index < -0.39 is 0 Å². The van der Waals surface area contributed by atoms with Crippen molar-refractivity contribution in [3.8, 4) is 66.8 Å². The van der Waals surface area contributed by atoms with E-state index in [1.807, 2.05) is 0 Å².